The fourth-order valence-corrected chi connectivity index (χ4v) is 1.95. The van der Waals surface area contributed by atoms with Crippen LogP contribution in [0.25, 0.3) is 0 Å². The third-order valence-electron chi connectivity index (χ3n) is 2.90. The summed E-state index contributed by atoms with van der Waals surface area (Å²) in [5, 5.41) is 0. The largest absolute Gasteiger partial charge is 0.389 e. The van der Waals surface area contributed by atoms with Crippen LogP contribution >= 0.6 is 12.2 Å². The second kappa shape index (κ2) is 4.47. The Hall–Kier alpha value is -1.00. The third kappa shape index (κ3) is 2.57. The number of thiocarbonyl (C=S) groups is 1. The Balaban J connectivity index is 2.15. The zero-order valence-electron chi connectivity index (χ0n) is 9.24. The summed E-state index contributed by atoms with van der Waals surface area (Å²) in [5.74, 6) is -0.342. The number of nitrogens with two attached hydrogens (primary N) is 1. The van der Waals surface area contributed by atoms with Crippen LogP contribution in [0.4, 0.5) is 4.39 Å². The normalized spacial score (nSPS) is 15.4. The molecule has 0 spiro atoms. The second-order valence-electron chi connectivity index (χ2n) is 4.32. The topological polar surface area (TPSA) is 29.3 Å². The van der Waals surface area contributed by atoms with Crippen LogP contribution in [-0.4, -0.2) is 23.0 Å². The molecule has 0 aromatic heterocycles. The first-order valence-corrected chi connectivity index (χ1v) is 5.77. The lowest BCUT2D eigenvalue weighted by molar-refractivity contribution is 0.316. The van der Waals surface area contributed by atoms with E-state index < -0.39 is 0 Å². The lowest BCUT2D eigenvalue weighted by Crippen LogP contribution is -2.20. The van der Waals surface area contributed by atoms with E-state index >= 15 is 0 Å². The molecule has 86 valence electrons. The van der Waals surface area contributed by atoms with Gasteiger partial charge in [-0.1, -0.05) is 18.3 Å². The van der Waals surface area contributed by atoms with E-state index in [4.69, 9.17) is 18.0 Å². The van der Waals surface area contributed by atoms with Gasteiger partial charge in [0.2, 0.25) is 0 Å². The Morgan fingerprint density at radius 3 is 2.81 bits per heavy atom. The van der Waals surface area contributed by atoms with E-state index in [-0.39, 0.29) is 10.8 Å². The highest BCUT2D eigenvalue weighted by atomic mass is 32.1. The standard InChI is InChI=1S/C12H15FN2S/c1-15(9-3-4-9)7-8-2-5-11(13)10(6-8)12(14)16/h2,5-6,9H,3-4,7H2,1H3,(H2,14,16). The molecule has 0 saturated heterocycles. The number of benzene rings is 1. The van der Waals surface area contributed by atoms with E-state index in [2.05, 4.69) is 11.9 Å². The second-order valence-corrected chi connectivity index (χ2v) is 4.76. The van der Waals surface area contributed by atoms with Gasteiger partial charge in [-0.05, 0) is 37.6 Å². The molecule has 1 fully saturated rings. The van der Waals surface area contributed by atoms with E-state index in [9.17, 15) is 4.39 Å². The highest BCUT2D eigenvalue weighted by Gasteiger charge is 2.25. The fraction of sp³-hybridized carbons (Fsp3) is 0.417. The fourth-order valence-electron chi connectivity index (χ4n) is 1.79. The van der Waals surface area contributed by atoms with Crippen molar-refractivity contribution in [3.63, 3.8) is 0 Å². The molecule has 2 nitrogen and oxygen atoms in total. The van der Waals surface area contributed by atoms with Crippen LogP contribution in [0.3, 0.4) is 0 Å². The molecule has 0 heterocycles. The molecule has 0 amide bonds. The zero-order valence-corrected chi connectivity index (χ0v) is 10.1. The average molecular weight is 238 g/mol. The maximum atomic E-state index is 13.3. The van der Waals surface area contributed by atoms with Crippen molar-refractivity contribution in [2.75, 3.05) is 7.05 Å². The molecule has 0 radical (unpaired) electrons. The summed E-state index contributed by atoms with van der Waals surface area (Å²) in [6, 6.07) is 5.66. The molecule has 0 bridgehead atoms. The van der Waals surface area contributed by atoms with Crippen LogP contribution in [-0.2, 0) is 6.54 Å². The van der Waals surface area contributed by atoms with Crippen LogP contribution in [0, 0.1) is 5.82 Å². The van der Waals surface area contributed by atoms with Crippen molar-refractivity contribution in [3.05, 3.63) is 35.1 Å². The van der Waals surface area contributed by atoms with Crippen LogP contribution in [0.2, 0.25) is 0 Å². The zero-order chi connectivity index (χ0) is 11.7. The molecule has 4 heteroatoms. The van der Waals surface area contributed by atoms with Crippen molar-refractivity contribution >= 4 is 17.2 Å². The minimum Gasteiger partial charge on any atom is -0.389 e. The minimum absolute atomic E-state index is 0.119. The van der Waals surface area contributed by atoms with Crippen molar-refractivity contribution in [2.24, 2.45) is 5.73 Å². The highest BCUT2D eigenvalue weighted by molar-refractivity contribution is 7.80. The Labute approximate surface area is 100 Å². The summed E-state index contributed by atoms with van der Waals surface area (Å²) in [6.07, 6.45) is 2.53. The van der Waals surface area contributed by atoms with Gasteiger partial charge in [-0.15, -0.1) is 0 Å². The first-order chi connectivity index (χ1) is 7.58. The van der Waals surface area contributed by atoms with Gasteiger partial charge in [0.1, 0.15) is 10.8 Å². The quantitative estimate of drug-likeness (QED) is 0.814. The van der Waals surface area contributed by atoms with Gasteiger partial charge in [-0.2, -0.15) is 0 Å². The maximum absolute atomic E-state index is 13.3. The van der Waals surface area contributed by atoms with Crippen molar-refractivity contribution in [1.29, 1.82) is 0 Å². The summed E-state index contributed by atoms with van der Waals surface area (Å²) in [7, 11) is 2.08. The van der Waals surface area contributed by atoms with E-state index in [1.54, 1.807) is 12.1 Å². The smallest absolute Gasteiger partial charge is 0.133 e. The van der Waals surface area contributed by atoms with Crippen LogP contribution < -0.4 is 5.73 Å². The third-order valence-corrected chi connectivity index (χ3v) is 3.12. The van der Waals surface area contributed by atoms with E-state index in [1.807, 2.05) is 0 Å². The number of nitrogens with zero attached hydrogens (tertiary/aromatic N) is 1. The minimum atomic E-state index is -0.342. The first kappa shape index (κ1) is 11.5. The molecule has 1 aliphatic carbocycles. The molecule has 16 heavy (non-hydrogen) atoms. The van der Waals surface area contributed by atoms with Crippen molar-refractivity contribution < 1.29 is 4.39 Å². The highest BCUT2D eigenvalue weighted by Crippen LogP contribution is 2.26. The predicted molar refractivity (Wildman–Crippen MR) is 66.8 cm³/mol. The molecule has 0 aliphatic heterocycles. The number of hydrogen-bond donors (Lipinski definition) is 1. The lowest BCUT2D eigenvalue weighted by atomic mass is 10.1. The predicted octanol–water partition coefficient (Wildman–Crippen LogP) is 2.05. The lowest BCUT2D eigenvalue weighted by Gasteiger charge is -2.16. The van der Waals surface area contributed by atoms with Crippen LogP contribution in [0.15, 0.2) is 18.2 Å². The summed E-state index contributed by atoms with van der Waals surface area (Å²) in [6.45, 7) is 0.820. The monoisotopic (exact) mass is 238 g/mol. The van der Waals surface area contributed by atoms with Gasteiger partial charge in [0.05, 0.1) is 0 Å². The molecule has 2 rings (SSSR count). The van der Waals surface area contributed by atoms with Crippen LogP contribution in [0.5, 0.6) is 0 Å². The van der Waals surface area contributed by atoms with Gasteiger partial charge in [0.25, 0.3) is 0 Å². The average Bonchev–Trinajstić information content (AvgIpc) is 3.03. The van der Waals surface area contributed by atoms with Crippen LogP contribution in [0.1, 0.15) is 24.0 Å². The Bertz CT molecular complexity index is 415. The summed E-state index contributed by atoms with van der Waals surface area (Å²) < 4.78 is 13.3. The van der Waals surface area contributed by atoms with Gasteiger partial charge in [0.15, 0.2) is 0 Å². The summed E-state index contributed by atoms with van der Waals surface area (Å²) in [5.41, 5.74) is 6.86. The van der Waals surface area contributed by atoms with Gasteiger partial charge in [-0.3, -0.25) is 4.90 Å². The number of halogens is 1. The van der Waals surface area contributed by atoms with Crippen molar-refractivity contribution in [1.82, 2.24) is 4.90 Å². The number of rotatable bonds is 4. The molecular weight excluding hydrogens is 223 g/mol. The Morgan fingerprint density at radius 1 is 1.56 bits per heavy atom. The van der Waals surface area contributed by atoms with Gasteiger partial charge in [0, 0.05) is 18.2 Å². The molecule has 0 atom stereocenters. The van der Waals surface area contributed by atoms with Gasteiger partial charge in [-0.25, -0.2) is 4.39 Å². The molecule has 1 saturated carbocycles. The Morgan fingerprint density at radius 2 is 2.25 bits per heavy atom. The maximum Gasteiger partial charge on any atom is 0.133 e. The van der Waals surface area contributed by atoms with Gasteiger partial charge >= 0.3 is 0 Å². The number of hydrogen-bond acceptors (Lipinski definition) is 2. The molecule has 1 aromatic carbocycles. The first-order valence-electron chi connectivity index (χ1n) is 5.36. The molecule has 0 unspecified atom stereocenters. The SMILES string of the molecule is CN(Cc1ccc(F)c(C(N)=S)c1)C1CC1. The molecule has 1 aromatic rings. The van der Waals surface area contributed by atoms with E-state index in [0.29, 0.717) is 11.6 Å². The summed E-state index contributed by atoms with van der Waals surface area (Å²) in [4.78, 5) is 2.39. The van der Waals surface area contributed by atoms with Crippen molar-refractivity contribution in [3.8, 4) is 0 Å². The van der Waals surface area contributed by atoms with Gasteiger partial charge < -0.3 is 5.73 Å². The molecular formula is C12H15FN2S. The van der Waals surface area contributed by atoms with Crippen molar-refractivity contribution in [2.45, 2.75) is 25.4 Å². The van der Waals surface area contributed by atoms with E-state index in [0.717, 1.165) is 12.1 Å². The molecule has 2 N–H and O–H groups in total. The Kier molecular flexibility index (Phi) is 3.21. The summed E-state index contributed by atoms with van der Waals surface area (Å²) >= 11 is 4.81. The van der Waals surface area contributed by atoms with E-state index in [1.165, 1.54) is 18.9 Å². The molecule has 1 aliphatic rings.